The Bertz CT molecular complexity index is 563. The van der Waals surface area contributed by atoms with E-state index in [9.17, 15) is 12.9 Å². The molecule has 0 radical (unpaired) electrons. The quantitative estimate of drug-likeness (QED) is 0.774. The topological polar surface area (TPSA) is 9.23 Å². The van der Waals surface area contributed by atoms with Gasteiger partial charge in [0.25, 0.3) is 0 Å². The molecule has 0 heterocycles. The summed E-state index contributed by atoms with van der Waals surface area (Å²) < 4.78 is 43.6. The van der Waals surface area contributed by atoms with Gasteiger partial charge in [0.05, 0.1) is 5.02 Å². The minimum atomic E-state index is -5.12. The van der Waals surface area contributed by atoms with Crippen LogP contribution in [0.5, 0.6) is 11.5 Å². The van der Waals surface area contributed by atoms with E-state index in [4.69, 9.17) is 16.3 Å². The maximum absolute atomic E-state index is 12.8. The SMILES string of the molecule is F[B-](F)(F)c1ccccc1Oc1ccccc1Cl.[K+]. The van der Waals surface area contributed by atoms with E-state index in [0.717, 1.165) is 6.07 Å². The summed E-state index contributed by atoms with van der Waals surface area (Å²) in [4.78, 5) is 0. The zero-order valence-electron chi connectivity index (χ0n) is 10.1. The summed E-state index contributed by atoms with van der Waals surface area (Å²) >= 11 is 5.84. The van der Waals surface area contributed by atoms with Crippen molar-refractivity contribution in [1.29, 1.82) is 0 Å². The summed E-state index contributed by atoms with van der Waals surface area (Å²) in [5, 5.41) is 0.266. The minimum absolute atomic E-state index is 0. The third-order valence-corrected chi connectivity index (χ3v) is 2.64. The van der Waals surface area contributed by atoms with E-state index in [1.807, 2.05) is 0 Å². The summed E-state index contributed by atoms with van der Waals surface area (Å²) in [5.74, 6) is -0.0373. The molecule has 19 heavy (non-hydrogen) atoms. The van der Waals surface area contributed by atoms with E-state index in [1.54, 1.807) is 18.2 Å². The normalized spacial score (nSPS) is 10.7. The zero-order chi connectivity index (χ0) is 13.2. The van der Waals surface area contributed by atoms with Crippen LogP contribution in [0.15, 0.2) is 48.5 Å². The van der Waals surface area contributed by atoms with Gasteiger partial charge in [-0.2, -0.15) is 0 Å². The molecule has 7 heteroatoms. The Balaban J connectivity index is 0.00000180. The number of halogens is 4. The van der Waals surface area contributed by atoms with Crippen molar-refractivity contribution in [3.63, 3.8) is 0 Å². The first-order valence-corrected chi connectivity index (χ1v) is 5.57. The number of rotatable bonds is 3. The number of benzene rings is 2. The molecule has 0 amide bonds. The summed E-state index contributed by atoms with van der Waals surface area (Å²) in [5.41, 5.74) is -0.766. The van der Waals surface area contributed by atoms with Crippen LogP contribution in [0.25, 0.3) is 0 Å². The second kappa shape index (κ2) is 7.15. The van der Waals surface area contributed by atoms with Crippen LogP contribution in [0.1, 0.15) is 0 Å². The third-order valence-electron chi connectivity index (χ3n) is 2.33. The van der Waals surface area contributed by atoms with Gasteiger partial charge in [-0.25, -0.2) is 0 Å². The molecule has 0 aliphatic heterocycles. The van der Waals surface area contributed by atoms with Crippen LogP contribution in [0, 0.1) is 0 Å². The molecule has 0 atom stereocenters. The Morgan fingerprint density at radius 2 is 1.37 bits per heavy atom. The molecule has 0 saturated carbocycles. The fourth-order valence-electron chi connectivity index (χ4n) is 1.49. The summed E-state index contributed by atoms with van der Waals surface area (Å²) in [6.45, 7) is -5.12. The molecule has 1 nitrogen and oxygen atoms in total. The van der Waals surface area contributed by atoms with Crippen LogP contribution >= 0.6 is 11.6 Å². The molecule has 0 unspecified atom stereocenters. The predicted octanol–water partition coefficient (Wildman–Crippen LogP) is 1.19. The van der Waals surface area contributed by atoms with E-state index >= 15 is 0 Å². The second-order valence-electron chi connectivity index (χ2n) is 3.65. The van der Waals surface area contributed by atoms with Gasteiger partial charge in [0.1, 0.15) is 11.5 Å². The first-order valence-electron chi connectivity index (χ1n) is 5.20. The molecular formula is C12H8BClF3KO. The fourth-order valence-corrected chi connectivity index (χ4v) is 1.66. The Labute approximate surface area is 156 Å². The predicted molar refractivity (Wildman–Crippen MR) is 66.7 cm³/mol. The maximum Gasteiger partial charge on any atom is 1.00 e. The molecule has 0 aliphatic rings. The summed E-state index contributed by atoms with van der Waals surface area (Å²) in [6.07, 6.45) is 0. The van der Waals surface area contributed by atoms with Crippen molar-refractivity contribution in [2.75, 3.05) is 0 Å². The molecule has 0 spiro atoms. The fraction of sp³-hybridized carbons (Fsp3) is 0. The van der Waals surface area contributed by atoms with Crippen molar-refractivity contribution in [2.24, 2.45) is 0 Å². The van der Waals surface area contributed by atoms with Crippen molar-refractivity contribution in [2.45, 2.75) is 0 Å². The van der Waals surface area contributed by atoms with Crippen LogP contribution in [0.4, 0.5) is 12.9 Å². The third kappa shape index (κ3) is 4.51. The van der Waals surface area contributed by atoms with Gasteiger partial charge in [0.2, 0.25) is 0 Å². The van der Waals surface area contributed by atoms with Gasteiger partial charge in [0.15, 0.2) is 0 Å². The van der Waals surface area contributed by atoms with Gasteiger partial charge >= 0.3 is 58.4 Å². The van der Waals surface area contributed by atoms with Crippen LogP contribution in [0.2, 0.25) is 5.02 Å². The molecule has 2 aromatic carbocycles. The molecular weight excluding hydrogens is 302 g/mol. The monoisotopic (exact) mass is 310 g/mol. The van der Waals surface area contributed by atoms with E-state index < -0.39 is 12.4 Å². The molecule has 0 fully saturated rings. The maximum atomic E-state index is 12.8. The van der Waals surface area contributed by atoms with Gasteiger partial charge in [-0.05, 0) is 18.2 Å². The van der Waals surface area contributed by atoms with Crippen LogP contribution in [-0.2, 0) is 0 Å². The van der Waals surface area contributed by atoms with Gasteiger partial charge in [-0.15, -0.1) is 0 Å². The van der Waals surface area contributed by atoms with Crippen molar-refractivity contribution in [1.82, 2.24) is 0 Å². The number of hydrogen-bond donors (Lipinski definition) is 0. The molecule has 0 aromatic heterocycles. The second-order valence-corrected chi connectivity index (χ2v) is 4.05. The smallest absolute Gasteiger partial charge is 0.459 e. The first-order chi connectivity index (χ1) is 8.48. The molecule has 0 aliphatic carbocycles. The minimum Gasteiger partial charge on any atom is -0.459 e. The summed E-state index contributed by atoms with van der Waals surface area (Å²) in [6, 6.07) is 11.5. The van der Waals surface area contributed by atoms with Gasteiger partial charge in [-0.1, -0.05) is 47.4 Å². The van der Waals surface area contributed by atoms with Gasteiger partial charge in [0, 0.05) is 0 Å². The van der Waals surface area contributed by atoms with E-state index in [-0.39, 0.29) is 67.9 Å². The number of hydrogen-bond acceptors (Lipinski definition) is 1. The molecule has 0 N–H and O–H groups in total. The molecule has 2 aromatic rings. The van der Waals surface area contributed by atoms with Crippen molar-refractivity contribution < 1.29 is 69.1 Å². The first kappa shape index (κ1) is 17.1. The van der Waals surface area contributed by atoms with E-state index in [1.165, 1.54) is 24.3 Å². The van der Waals surface area contributed by atoms with Crippen LogP contribution < -0.4 is 61.6 Å². The van der Waals surface area contributed by atoms with Crippen molar-refractivity contribution in [3.8, 4) is 11.5 Å². The standard InChI is InChI=1S/C12H8BClF3O.K/c14-10-6-2-4-8-12(10)18-11-7-3-1-5-9(11)13(15,16)17;/h1-8H;/q-1;+1. The Hall–Kier alpha value is 0.0213. The molecule has 94 valence electrons. The van der Waals surface area contributed by atoms with Crippen LogP contribution in [0.3, 0.4) is 0 Å². The average Bonchev–Trinajstić information content (AvgIpc) is 2.31. The van der Waals surface area contributed by atoms with Crippen molar-refractivity contribution >= 4 is 24.0 Å². The Kier molecular flexibility index (Phi) is 6.43. The Morgan fingerprint density at radius 3 is 1.95 bits per heavy atom. The largest absolute Gasteiger partial charge is 1.00 e. The average molecular weight is 311 g/mol. The molecule has 0 bridgehead atoms. The zero-order valence-corrected chi connectivity index (χ0v) is 14.0. The van der Waals surface area contributed by atoms with Gasteiger partial charge in [-0.3, -0.25) is 0 Å². The summed E-state index contributed by atoms with van der Waals surface area (Å²) in [7, 11) is 0. The molecule has 0 saturated heterocycles. The van der Waals surface area contributed by atoms with Crippen molar-refractivity contribution in [3.05, 3.63) is 53.6 Å². The van der Waals surface area contributed by atoms with Crippen LogP contribution in [-0.4, -0.2) is 6.98 Å². The number of para-hydroxylation sites is 2. The Morgan fingerprint density at radius 1 is 0.842 bits per heavy atom. The number of ether oxygens (including phenoxy) is 1. The van der Waals surface area contributed by atoms with E-state index in [2.05, 4.69) is 0 Å². The van der Waals surface area contributed by atoms with E-state index in [0.29, 0.717) is 0 Å². The molecule has 2 rings (SSSR count). The van der Waals surface area contributed by atoms with Gasteiger partial charge < -0.3 is 17.7 Å².